The summed E-state index contributed by atoms with van der Waals surface area (Å²) in [5.41, 5.74) is 4.45. The molecule has 0 radical (unpaired) electrons. The van der Waals surface area contributed by atoms with Crippen LogP contribution < -0.4 is 14.7 Å². The predicted molar refractivity (Wildman–Crippen MR) is 146 cm³/mol. The SMILES string of the molecule is COC1(CCO)CCN(c2ccc(N3CCC4(CC3)CCN(c3ccc(C#N)c(Cl)c3)C4)cc2)CC1. The molecule has 2 aromatic carbocycles. The zero-order chi connectivity index (χ0) is 25.2. The van der Waals surface area contributed by atoms with Crippen LogP contribution in [0.25, 0.3) is 0 Å². The van der Waals surface area contributed by atoms with Gasteiger partial charge in [0.05, 0.1) is 16.2 Å². The maximum Gasteiger partial charge on any atom is 0.101 e. The molecule has 0 amide bonds. The topological polar surface area (TPSA) is 63.0 Å². The van der Waals surface area contributed by atoms with E-state index < -0.39 is 0 Å². The van der Waals surface area contributed by atoms with Crippen molar-refractivity contribution in [3.05, 3.63) is 53.1 Å². The van der Waals surface area contributed by atoms with Gasteiger partial charge in [0.1, 0.15) is 6.07 Å². The second kappa shape index (κ2) is 10.5. The van der Waals surface area contributed by atoms with Gasteiger partial charge in [-0.25, -0.2) is 0 Å². The van der Waals surface area contributed by atoms with Crippen LogP contribution >= 0.6 is 11.6 Å². The van der Waals surface area contributed by atoms with Crippen molar-refractivity contribution in [2.45, 2.75) is 44.1 Å². The second-order valence-corrected chi connectivity index (χ2v) is 11.2. The number of rotatable bonds is 6. The average Bonchev–Trinajstić information content (AvgIpc) is 3.33. The second-order valence-electron chi connectivity index (χ2n) is 10.8. The van der Waals surface area contributed by atoms with E-state index in [9.17, 15) is 5.11 Å². The van der Waals surface area contributed by atoms with E-state index in [1.54, 1.807) is 7.11 Å². The van der Waals surface area contributed by atoms with Crippen molar-refractivity contribution in [1.29, 1.82) is 5.26 Å². The lowest BCUT2D eigenvalue weighted by Crippen LogP contribution is -2.46. The largest absolute Gasteiger partial charge is 0.396 e. The maximum atomic E-state index is 9.40. The van der Waals surface area contributed by atoms with Gasteiger partial charge in [0.15, 0.2) is 0 Å². The van der Waals surface area contributed by atoms with Gasteiger partial charge in [-0.1, -0.05) is 11.6 Å². The van der Waals surface area contributed by atoms with E-state index in [0.717, 1.165) is 57.8 Å². The first-order chi connectivity index (χ1) is 17.5. The van der Waals surface area contributed by atoms with E-state index in [-0.39, 0.29) is 12.2 Å². The highest BCUT2D eigenvalue weighted by atomic mass is 35.5. The van der Waals surface area contributed by atoms with Gasteiger partial charge in [-0.3, -0.25) is 0 Å². The highest BCUT2D eigenvalue weighted by molar-refractivity contribution is 6.32. The minimum Gasteiger partial charge on any atom is -0.396 e. The van der Waals surface area contributed by atoms with Crippen molar-refractivity contribution in [3.8, 4) is 6.07 Å². The van der Waals surface area contributed by atoms with Crippen molar-refractivity contribution >= 4 is 28.7 Å². The Hall–Kier alpha value is -2.46. The molecule has 3 fully saturated rings. The Kier molecular flexibility index (Phi) is 7.35. The summed E-state index contributed by atoms with van der Waals surface area (Å²) >= 11 is 6.29. The van der Waals surface area contributed by atoms with Gasteiger partial charge < -0.3 is 24.5 Å². The number of nitriles is 1. The van der Waals surface area contributed by atoms with Gasteiger partial charge in [0.2, 0.25) is 0 Å². The van der Waals surface area contributed by atoms with Gasteiger partial charge in [-0.05, 0) is 86.4 Å². The van der Waals surface area contributed by atoms with Crippen LogP contribution in [0.5, 0.6) is 0 Å². The zero-order valence-corrected chi connectivity index (χ0v) is 22.0. The standard InChI is InChI=1S/C29H37ClN4O2/c1-36-29(13-19-35)11-17-33(18-12-29)25-6-4-24(5-7-25)32-14-8-28(9-15-32)10-16-34(22-28)26-3-2-23(21-31)27(30)20-26/h2-7,20,35H,8-19,22H2,1H3. The fourth-order valence-electron chi connectivity index (χ4n) is 6.40. The van der Waals surface area contributed by atoms with Crippen molar-refractivity contribution in [1.82, 2.24) is 0 Å². The molecule has 1 spiro atoms. The zero-order valence-electron chi connectivity index (χ0n) is 21.3. The molecule has 3 aliphatic rings. The molecule has 2 aromatic rings. The molecule has 1 N–H and O–H groups in total. The monoisotopic (exact) mass is 508 g/mol. The fraction of sp³-hybridized carbons (Fsp3) is 0.552. The maximum absolute atomic E-state index is 9.40. The lowest BCUT2D eigenvalue weighted by molar-refractivity contribution is -0.0455. The molecule has 3 heterocycles. The molecule has 3 aliphatic heterocycles. The third-order valence-corrected chi connectivity index (χ3v) is 9.27. The summed E-state index contributed by atoms with van der Waals surface area (Å²) in [6.45, 7) is 6.39. The predicted octanol–water partition coefficient (Wildman–Crippen LogP) is 5.08. The number of nitrogens with zero attached hydrogens (tertiary/aromatic N) is 4. The van der Waals surface area contributed by atoms with Crippen LogP contribution in [0, 0.1) is 16.7 Å². The van der Waals surface area contributed by atoms with Gasteiger partial charge in [-0.2, -0.15) is 5.26 Å². The molecular weight excluding hydrogens is 472 g/mol. The molecule has 6 nitrogen and oxygen atoms in total. The normalized spacial score (nSPS) is 21.1. The van der Waals surface area contributed by atoms with Crippen molar-refractivity contribution in [3.63, 3.8) is 0 Å². The number of hydrogen-bond donors (Lipinski definition) is 1. The number of methoxy groups -OCH3 is 1. The molecule has 0 atom stereocenters. The minimum atomic E-state index is -0.170. The fourth-order valence-corrected chi connectivity index (χ4v) is 6.62. The van der Waals surface area contributed by atoms with E-state index >= 15 is 0 Å². The highest BCUT2D eigenvalue weighted by Crippen LogP contribution is 2.43. The quantitative estimate of drug-likeness (QED) is 0.587. The molecule has 0 aromatic heterocycles. The number of piperidine rings is 2. The molecular formula is C29H37ClN4O2. The minimum absolute atomic E-state index is 0.170. The van der Waals surface area contributed by atoms with Crippen LogP contribution in [0.4, 0.5) is 17.1 Å². The number of anilines is 3. The van der Waals surface area contributed by atoms with Crippen molar-refractivity contribution < 1.29 is 9.84 Å². The Morgan fingerprint density at radius 1 is 0.861 bits per heavy atom. The van der Waals surface area contributed by atoms with Crippen LogP contribution in [0.15, 0.2) is 42.5 Å². The summed E-state index contributed by atoms with van der Waals surface area (Å²) in [7, 11) is 1.77. The Morgan fingerprint density at radius 3 is 1.89 bits per heavy atom. The average molecular weight is 509 g/mol. The molecule has 0 saturated carbocycles. The van der Waals surface area contributed by atoms with E-state index in [0.29, 0.717) is 22.4 Å². The molecule has 5 rings (SSSR count). The summed E-state index contributed by atoms with van der Waals surface area (Å²) in [5.74, 6) is 0. The molecule has 0 aliphatic carbocycles. The summed E-state index contributed by atoms with van der Waals surface area (Å²) in [4.78, 5) is 7.41. The molecule has 0 unspecified atom stereocenters. The van der Waals surface area contributed by atoms with E-state index in [1.807, 2.05) is 18.2 Å². The molecule has 7 heteroatoms. The third-order valence-electron chi connectivity index (χ3n) is 8.96. The number of benzene rings is 2. The summed E-state index contributed by atoms with van der Waals surface area (Å²) < 4.78 is 5.77. The van der Waals surface area contributed by atoms with Crippen molar-refractivity contribution in [2.75, 3.05) is 67.7 Å². The Morgan fingerprint density at radius 2 is 1.39 bits per heavy atom. The van der Waals surface area contributed by atoms with Crippen LogP contribution in [-0.2, 0) is 4.74 Å². The molecule has 36 heavy (non-hydrogen) atoms. The lowest BCUT2D eigenvalue weighted by Gasteiger charge is -2.42. The Balaban J connectivity index is 1.15. The van der Waals surface area contributed by atoms with Crippen molar-refractivity contribution in [2.24, 2.45) is 5.41 Å². The van der Waals surface area contributed by atoms with Gasteiger partial charge in [-0.15, -0.1) is 0 Å². The first kappa shape index (κ1) is 25.2. The van der Waals surface area contributed by atoms with Gasteiger partial charge >= 0.3 is 0 Å². The summed E-state index contributed by atoms with van der Waals surface area (Å²) in [6.07, 6.45) is 6.23. The first-order valence-electron chi connectivity index (χ1n) is 13.2. The number of hydrogen-bond acceptors (Lipinski definition) is 6. The van der Waals surface area contributed by atoms with Gasteiger partial charge in [0.25, 0.3) is 0 Å². The number of halogens is 1. The summed E-state index contributed by atoms with van der Waals surface area (Å²) in [6, 6.07) is 17.0. The molecule has 192 valence electrons. The highest BCUT2D eigenvalue weighted by Gasteiger charge is 2.41. The number of aliphatic hydroxyl groups excluding tert-OH is 1. The van der Waals surface area contributed by atoms with E-state index in [4.69, 9.17) is 21.6 Å². The first-order valence-corrected chi connectivity index (χ1v) is 13.6. The van der Waals surface area contributed by atoms with E-state index in [1.165, 1.54) is 30.6 Å². The Labute approximate surface area is 220 Å². The van der Waals surface area contributed by atoms with Crippen LogP contribution in [-0.4, -0.2) is 63.7 Å². The van der Waals surface area contributed by atoms with Gasteiger partial charge in [0, 0.05) is 70.0 Å². The lowest BCUT2D eigenvalue weighted by atomic mass is 9.77. The number of ether oxygens (including phenoxy) is 1. The smallest absolute Gasteiger partial charge is 0.101 e. The molecule has 3 saturated heterocycles. The van der Waals surface area contributed by atoms with E-state index in [2.05, 4.69) is 45.0 Å². The number of aliphatic hydroxyl groups is 1. The van der Waals surface area contributed by atoms with Crippen LogP contribution in [0.1, 0.15) is 44.1 Å². The summed E-state index contributed by atoms with van der Waals surface area (Å²) in [5, 5.41) is 19.1. The third kappa shape index (κ3) is 5.02. The molecule has 0 bridgehead atoms. The van der Waals surface area contributed by atoms with Crippen LogP contribution in [0.2, 0.25) is 5.02 Å². The Bertz CT molecular complexity index is 1080. The van der Waals surface area contributed by atoms with Crippen LogP contribution in [0.3, 0.4) is 0 Å².